The van der Waals surface area contributed by atoms with Crippen molar-refractivity contribution in [2.45, 2.75) is 29.3 Å². The molecule has 3 aromatic rings. The van der Waals surface area contributed by atoms with E-state index in [1.165, 1.54) is 41.8 Å². The van der Waals surface area contributed by atoms with Crippen LogP contribution in [0.5, 0.6) is 0 Å². The lowest BCUT2D eigenvalue weighted by Gasteiger charge is -2.09. The number of aromatic nitrogens is 1. The lowest BCUT2D eigenvalue weighted by molar-refractivity contribution is -0.387. The third-order valence-corrected chi connectivity index (χ3v) is 5.98. The zero-order valence-corrected chi connectivity index (χ0v) is 19.2. The van der Waals surface area contributed by atoms with E-state index in [9.17, 15) is 28.1 Å². The molecule has 0 aliphatic rings. The fourth-order valence-electron chi connectivity index (χ4n) is 2.67. The summed E-state index contributed by atoms with van der Waals surface area (Å²) in [6.07, 6.45) is -3.13. The molecule has 0 radical (unpaired) electrons. The Kier molecular flexibility index (Phi) is 8.23. The van der Waals surface area contributed by atoms with Crippen molar-refractivity contribution in [1.29, 1.82) is 0 Å². The molecule has 3 rings (SSSR count). The molecule has 1 N–H and O–H groups in total. The maximum Gasteiger partial charge on any atom is 0.416 e. The number of ether oxygens (including phenoxy) is 1. The lowest BCUT2D eigenvalue weighted by atomic mass is 10.2. The van der Waals surface area contributed by atoms with E-state index in [1.54, 1.807) is 18.4 Å². The summed E-state index contributed by atoms with van der Waals surface area (Å²) in [5.41, 5.74) is 2.51. The number of nitro groups is 1. The third kappa shape index (κ3) is 7.02. The average molecular weight is 511 g/mol. The molecule has 0 atom stereocenters. The zero-order valence-electron chi connectivity index (χ0n) is 17.5. The molecule has 1 aromatic heterocycles. The lowest BCUT2D eigenvalue weighted by Crippen LogP contribution is -2.07. The summed E-state index contributed by atoms with van der Waals surface area (Å²) in [4.78, 5) is 27.0. The van der Waals surface area contributed by atoms with Crippen LogP contribution in [0.3, 0.4) is 0 Å². The van der Waals surface area contributed by atoms with Gasteiger partial charge in [-0.3, -0.25) is 20.3 Å². The van der Waals surface area contributed by atoms with Gasteiger partial charge in [-0.15, -0.1) is 11.3 Å². The molecule has 1 heterocycles. The molecule has 2 aromatic carbocycles. The normalized spacial score (nSPS) is 11.5. The number of nitrogens with zero attached hydrogens (tertiary/aromatic N) is 3. The average Bonchev–Trinajstić information content (AvgIpc) is 3.21. The Balaban J connectivity index is 1.70. The van der Waals surface area contributed by atoms with E-state index in [2.05, 4.69) is 15.5 Å². The zero-order chi connectivity index (χ0) is 24.7. The van der Waals surface area contributed by atoms with Crippen LogP contribution in [0, 0.1) is 10.1 Å². The summed E-state index contributed by atoms with van der Waals surface area (Å²) in [5.74, 6) is -0.391. The van der Waals surface area contributed by atoms with Gasteiger partial charge in [-0.1, -0.05) is 23.9 Å². The molecule has 0 aliphatic heterocycles. The number of halogens is 3. The Morgan fingerprint density at radius 1 is 1.32 bits per heavy atom. The van der Waals surface area contributed by atoms with Crippen molar-refractivity contribution in [3.05, 3.63) is 74.8 Å². The van der Waals surface area contributed by atoms with Gasteiger partial charge in [0.25, 0.3) is 5.69 Å². The molecule has 13 heteroatoms. The molecule has 0 fully saturated rings. The maximum absolute atomic E-state index is 12.9. The third-order valence-electron chi connectivity index (χ3n) is 4.13. The largest absolute Gasteiger partial charge is 0.466 e. The first-order valence-corrected chi connectivity index (χ1v) is 11.4. The number of nitrogens with one attached hydrogen (secondary N) is 1. The molecular weight excluding hydrogens is 493 g/mol. The fraction of sp³-hybridized carbons (Fsp3) is 0.190. The Morgan fingerprint density at radius 3 is 2.82 bits per heavy atom. The van der Waals surface area contributed by atoms with Crippen molar-refractivity contribution in [1.82, 2.24) is 4.98 Å². The first-order valence-electron chi connectivity index (χ1n) is 9.68. The molecule has 34 heavy (non-hydrogen) atoms. The monoisotopic (exact) mass is 510 g/mol. The number of benzene rings is 2. The van der Waals surface area contributed by atoms with Gasteiger partial charge in [0.2, 0.25) is 5.13 Å². The van der Waals surface area contributed by atoms with E-state index in [-0.39, 0.29) is 28.5 Å². The molecule has 0 bridgehead atoms. The van der Waals surface area contributed by atoms with Crippen LogP contribution in [0.25, 0.3) is 0 Å². The predicted octanol–water partition coefficient (Wildman–Crippen LogP) is 5.77. The van der Waals surface area contributed by atoms with E-state index in [4.69, 9.17) is 4.74 Å². The first-order chi connectivity index (χ1) is 16.2. The van der Waals surface area contributed by atoms with Crippen LogP contribution in [0.1, 0.15) is 23.7 Å². The minimum absolute atomic E-state index is 0.0347. The summed E-state index contributed by atoms with van der Waals surface area (Å²) in [5, 5.41) is 17.6. The summed E-state index contributed by atoms with van der Waals surface area (Å²) in [6.45, 7) is 1.99. The van der Waals surface area contributed by atoms with Gasteiger partial charge in [0.15, 0.2) is 0 Å². The van der Waals surface area contributed by atoms with Crippen molar-refractivity contribution in [3.8, 4) is 0 Å². The van der Waals surface area contributed by atoms with Gasteiger partial charge in [0.1, 0.15) is 0 Å². The summed E-state index contributed by atoms with van der Waals surface area (Å²) in [6, 6.07) is 8.86. The molecule has 0 saturated carbocycles. The number of carbonyl (C=O) groups excluding carboxylic acids is 1. The van der Waals surface area contributed by atoms with Crippen LogP contribution in [0.15, 0.2) is 62.7 Å². The van der Waals surface area contributed by atoms with Gasteiger partial charge < -0.3 is 4.74 Å². The number of hydrazone groups is 1. The van der Waals surface area contributed by atoms with Crippen LogP contribution >= 0.6 is 23.1 Å². The van der Waals surface area contributed by atoms with E-state index >= 15 is 0 Å². The number of anilines is 1. The fourth-order valence-corrected chi connectivity index (χ4v) is 4.29. The smallest absolute Gasteiger partial charge is 0.416 e. The number of thiazole rings is 1. The Bertz CT molecular complexity index is 1210. The minimum Gasteiger partial charge on any atom is -0.466 e. The van der Waals surface area contributed by atoms with Gasteiger partial charge in [0, 0.05) is 21.9 Å². The number of hydrogen-bond donors (Lipinski definition) is 1. The maximum atomic E-state index is 12.9. The van der Waals surface area contributed by atoms with Gasteiger partial charge in [-0.05, 0) is 31.2 Å². The highest BCUT2D eigenvalue weighted by Gasteiger charge is 2.30. The first kappa shape index (κ1) is 25.2. The summed E-state index contributed by atoms with van der Waals surface area (Å²) >= 11 is 2.09. The minimum atomic E-state index is -4.51. The number of carbonyl (C=O) groups is 1. The van der Waals surface area contributed by atoms with Crippen molar-refractivity contribution >= 4 is 46.1 Å². The Labute approximate surface area is 200 Å². The molecular formula is C21H17F3N4O4S2. The number of rotatable bonds is 9. The van der Waals surface area contributed by atoms with Crippen molar-refractivity contribution < 1.29 is 27.6 Å². The topological polar surface area (TPSA) is 107 Å². The van der Waals surface area contributed by atoms with Crippen LogP contribution in [0.2, 0.25) is 0 Å². The second-order valence-corrected chi connectivity index (χ2v) is 8.58. The highest BCUT2D eigenvalue weighted by atomic mass is 32.2. The van der Waals surface area contributed by atoms with Gasteiger partial charge in [-0.2, -0.15) is 18.3 Å². The number of alkyl halides is 3. The molecule has 178 valence electrons. The van der Waals surface area contributed by atoms with E-state index < -0.39 is 22.6 Å². The number of esters is 1. The quantitative estimate of drug-likeness (QED) is 0.168. The molecule has 0 aliphatic carbocycles. The Hall–Kier alpha value is -3.45. The van der Waals surface area contributed by atoms with E-state index in [0.29, 0.717) is 16.4 Å². The highest BCUT2D eigenvalue weighted by molar-refractivity contribution is 7.99. The molecule has 0 spiro atoms. The molecule has 0 unspecified atom stereocenters. The van der Waals surface area contributed by atoms with Gasteiger partial charge >= 0.3 is 12.1 Å². The standard InChI is InChI=1S/C21H17F3N4O4S2/c1-2-32-19(29)10-15-12-33-20(26-15)27-25-11-13-6-7-18(17(8-13)28(30)31)34-16-5-3-4-14(9-16)21(22,23)24/h3-9,11-12H,2,10H2,1H3,(H,26,27). The van der Waals surface area contributed by atoms with Crippen LogP contribution < -0.4 is 5.43 Å². The van der Waals surface area contributed by atoms with Crippen LogP contribution in [-0.4, -0.2) is 28.7 Å². The predicted molar refractivity (Wildman–Crippen MR) is 122 cm³/mol. The second-order valence-electron chi connectivity index (χ2n) is 6.61. The Morgan fingerprint density at radius 2 is 2.12 bits per heavy atom. The van der Waals surface area contributed by atoms with E-state index in [1.807, 2.05) is 0 Å². The molecule has 0 saturated heterocycles. The second kappa shape index (κ2) is 11.1. The van der Waals surface area contributed by atoms with Gasteiger partial charge in [-0.25, -0.2) is 4.98 Å². The SMILES string of the molecule is CCOC(=O)Cc1csc(NN=Cc2ccc(Sc3cccc(C(F)(F)F)c3)c([N+](=O)[O-])c2)n1. The highest BCUT2D eigenvalue weighted by Crippen LogP contribution is 2.38. The van der Waals surface area contributed by atoms with E-state index in [0.717, 1.165) is 23.9 Å². The van der Waals surface area contributed by atoms with Gasteiger partial charge in [0.05, 0.1) is 40.3 Å². The van der Waals surface area contributed by atoms with Crippen molar-refractivity contribution in [3.63, 3.8) is 0 Å². The van der Waals surface area contributed by atoms with Crippen LogP contribution in [0.4, 0.5) is 24.0 Å². The molecule has 8 nitrogen and oxygen atoms in total. The summed E-state index contributed by atoms with van der Waals surface area (Å²) in [7, 11) is 0. The summed E-state index contributed by atoms with van der Waals surface area (Å²) < 4.78 is 43.7. The molecule has 0 amide bonds. The van der Waals surface area contributed by atoms with Crippen molar-refractivity contribution in [2.75, 3.05) is 12.0 Å². The van der Waals surface area contributed by atoms with Crippen LogP contribution in [-0.2, 0) is 22.1 Å². The van der Waals surface area contributed by atoms with Crippen molar-refractivity contribution in [2.24, 2.45) is 5.10 Å². The number of hydrogen-bond acceptors (Lipinski definition) is 9. The number of nitro benzene ring substituents is 1.